The first-order chi connectivity index (χ1) is 10.7. The molecule has 0 bridgehead atoms. The Labute approximate surface area is 127 Å². The van der Waals surface area contributed by atoms with E-state index in [9.17, 15) is 4.79 Å². The van der Waals surface area contributed by atoms with E-state index in [1.54, 1.807) is 30.3 Å². The van der Waals surface area contributed by atoms with Crippen LogP contribution in [-0.2, 0) is 6.54 Å². The average molecular weight is 297 g/mol. The van der Waals surface area contributed by atoms with E-state index in [2.05, 4.69) is 10.4 Å². The fraction of sp³-hybridized carbons (Fsp3) is 0.125. The Balaban J connectivity index is 1.64. The van der Waals surface area contributed by atoms with Gasteiger partial charge < -0.3 is 14.5 Å². The molecule has 6 heteroatoms. The standard InChI is InChI=1S/C16H15N3O3/c1-21-15-4-2-12(3-5-15)9-19-10-14(8-17-19)18-16(20)13-6-7-22-11-13/h2-8,10-11H,9H2,1H3,(H,18,20). The predicted octanol–water partition coefficient (Wildman–Crippen LogP) is 2.79. The number of nitrogens with one attached hydrogen (secondary N) is 1. The van der Waals surface area contributed by atoms with Crippen molar-refractivity contribution < 1.29 is 13.9 Å². The number of benzene rings is 1. The number of anilines is 1. The molecule has 0 atom stereocenters. The summed E-state index contributed by atoms with van der Waals surface area (Å²) in [4.78, 5) is 11.9. The van der Waals surface area contributed by atoms with Gasteiger partial charge in [-0.2, -0.15) is 5.10 Å². The second-order valence-electron chi connectivity index (χ2n) is 4.74. The Kier molecular flexibility index (Phi) is 3.91. The number of ether oxygens (including phenoxy) is 1. The van der Waals surface area contributed by atoms with Gasteiger partial charge in [-0.25, -0.2) is 0 Å². The number of amides is 1. The first kappa shape index (κ1) is 13.9. The van der Waals surface area contributed by atoms with Gasteiger partial charge in [0.1, 0.15) is 12.0 Å². The van der Waals surface area contributed by atoms with Crippen molar-refractivity contribution in [2.45, 2.75) is 6.54 Å². The average Bonchev–Trinajstić information content (AvgIpc) is 3.20. The lowest BCUT2D eigenvalue weighted by Crippen LogP contribution is -2.10. The molecule has 3 aromatic rings. The van der Waals surface area contributed by atoms with E-state index in [-0.39, 0.29) is 5.91 Å². The first-order valence-corrected chi connectivity index (χ1v) is 6.73. The zero-order chi connectivity index (χ0) is 15.4. The summed E-state index contributed by atoms with van der Waals surface area (Å²) in [6.45, 7) is 0.617. The molecule has 0 unspecified atom stereocenters. The van der Waals surface area contributed by atoms with Gasteiger partial charge in [-0.1, -0.05) is 12.1 Å². The predicted molar refractivity (Wildman–Crippen MR) is 81.0 cm³/mol. The number of nitrogens with zero attached hydrogens (tertiary/aromatic N) is 2. The minimum absolute atomic E-state index is 0.224. The Morgan fingerprint density at radius 3 is 2.82 bits per heavy atom. The maximum absolute atomic E-state index is 11.9. The van der Waals surface area contributed by atoms with E-state index in [0.29, 0.717) is 17.8 Å². The van der Waals surface area contributed by atoms with Gasteiger partial charge in [0.2, 0.25) is 0 Å². The van der Waals surface area contributed by atoms with Gasteiger partial charge in [-0.05, 0) is 23.8 Å². The summed E-state index contributed by atoms with van der Waals surface area (Å²) in [6.07, 6.45) is 6.25. The molecule has 6 nitrogen and oxygen atoms in total. The molecule has 0 fully saturated rings. The van der Waals surface area contributed by atoms with Gasteiger partial charge >= 0.3 is 0 Å². The minimum Gasteiger partial charge on any atom is -0.497 e. The summed E-state index contributed by atoms with van der Waals surface area (Å²) < 4.78 is 11.8. The van der Waals surface area contributed by atoms with E-state index < -0.39 is 0 Å². The topological polar surface area (TPSA) is 69.3 Å². The number of methoxy groups -OCH3 is 1. The van der Waals surface area contributed by atoms with Gasteiger partial charge in [0.05, 0.1) is 37.4 Å². The van der Waals surface area contributed by atoms with Gasteiger partial charge in [-0.3, -0.25) is 9.48 Å². The van der Waals surface area contributed by atoms with E-state index in [1.165, 1.54) is 12.5 Å². The lowest BCUT2D eigenvalue weighted by atomic mass is 10.2. The summed E-state index contributed by atoms with van der Waals surface area (Å²) in [6, 6.07) is 9.37. The fourth-order valence-electron chi connectivity index (χ4n) is 2.03. The third-order valence-electron chi connectivity index (χ3n) is 3.18. The summed E-state index contributed by atoms with van der Waals surface area (Å²) in [5, 5.41) is 7.00. The number of carbonyl (C=O) groups is 1. The molecule has 0 saturated heterocycles. The van der Waals surface area contributed by atoms with Crippen molar-refractivity contribution in [2.24, 2.45) is 0 Å². The van der Waals surface area contributed by atoms with Crippen LogP contribution in [0.5, 0.6) is 5.75 Å². The third-order valence-corrected chi connectivity index (χ3v) is 3.18. The largest absolute Gasteiger partial charge is 0.497 e. The van der Waals surface area contributed by atoms with Crippen LogP contribution in [0.25, 0.3) is 0 Å². The Morgan fingerprint density at radius 1 is 1.32 bits per heavy atom. The Hall–Kier alpha value is -3.02. The van der Waals surface area contributed by atoms with Crippen molar-refractivity contribution in [3.63, 3.8) is 0 Å². The lowest BCUT2D eigenvalue weighted by Gasteiger charge is -2.04. The molecule has 22 heavy (non-hydrogen) atoms. The van der Waals surface area contributed by atoms with Gasteiger partial charge in [0.25, 0.3) is 5.91 Å². The molecule has 112 valence electrons. The van der Waals surface area contributed by atoms with Crippen LogP contribution in [0.4, 0.5) is 5.69 Å². The van der Waals surface area contributed by atoms with Crippen molar-refractivity contribution in [1.82, 2.24) is 9.78 Å². The first-order valence-electron chi connectivity index (χ1n) is 6.73. The van der Waals surface area contributed by atoms with Crippen LogP contribution < -0.4 is 10.1 Å². The number of hydrogen-bond acceptors (Lipinski definition) is 4. The number of furan rings is 1. The van der Waals surface area contributed by atoms with E-state index in [4.69, 9.17) is 9.15 Å². The number of aromatic nitrogens is 2. The number of carbonyl (C=O) groups excluding carboxylic acids is 1. The molecule has 0 radical (unpaired) electrons. The van der Waals surface area contributed by atoms with Crippen molar-refractivity contribution >= 4 is 11.6 Å². The number of hydrogen-bond donors (Lipinski definition) is 1. The van der Waals surface area contributed by atoms with Crippen LogP contribution in [0.15, 0.2) is 59.7 Å². The van der Waals surface area contributed by atoms with E-state index in [0.717, 1.165) is 11.3 Å². The molecule has 0 aliphatic rings. The molecule has 0 spiro atoms. The molecular weight excluding hydrogens is 282 g/mol. The molecule has 2 heterocycles. The molecular formula is C16H15N3O3. The quantitative estimate of drug-likeness (QED) is 0.786. The van der Waals surface area contributed by atoms with Gasteiger partial charge in [-0.15, -0.1) is 0 Å². The molecule has 0 aliphatic carbocycles. The monoisotopic (exact) mass is 297 g/mol. The highest BCUT2D eigenvalue weighted by molar-refractivity contribution is 6.03. The second kappa shape index (κ2) is 6.17. The zero-order valence-electron chi connectivity index (χ0n) is 12.0. The Bertz CT molecular complexity index is 745. The van der Waals surface area contributed by atoms with Crippen molar-refractivity contribution in [2.75, 3.05) is 12.4 Å². The summed E-state index contributed by atoms with van der Waals surface area (Å²) >= 11 is 0. The van der Waals surface area contributed by atoms with Gasteiger partial charge in [0, 0.05) is 6.20 Å². The summed E-state index contributed by atoms with van der Waals surface area (Å²) in [5.74, 6) is 0.593. The smallest absolute Gasteiger partial charge is 0.259 e. The van der Waals surface area contributed by atoms with Crippen LogP contribution in [-0.4, -0.2) is 22.8 Å². The molecule has 0 aliphatic heterocycles. The van der Waals surface area contributed by atoms with E-state index in [1.807, 2.05) is 24.3 Å². The summed E-state index contributed by atoms with van der Waals surface area (Å²) in [7, 11) is 1.64. The van der Waals surface area contributed by atoms with Crippen LogP contribution >= 0.6 is 0 Å². The molecule has 3 rings (SSSR count). The van der Waals surface area contributed by atoms with E-state index >= 15 is 0 Å². The minimum atomic E-state index is -0.224. The van der Waals surface area contributed by atoms with Crippen LogP contribution in [0, 0.1) is 0 Å². The molecule has 1 aromatic carbocycles. The molecule has 1 amide bonds. The lowest BCUT2D eigenvalue weighted by molar-refractivity contribution is 0.102. The van der Waals surface area contributed by atoms with Crippen molar-refractivity contribution in [3.05, 3.63) is 66.4 Å². The van der Waals surface area contributed by atoms with Crippen LogP contribution in [0.2, 0.25) is 0 Å². The second-order valence-corrected chi connectivity index (χ2v) is 4.74. The zero-order valence-corrected chi connectivity index (χ0v) is 12.0. The normalized spacial score (nSPS) is 10.4. The maximum atomic E-state index is 11.9. The third kappa shape index (κ3) is 3.17. The fourth-order valence-corrected chi connectivity index (χ4v) is 2.03. The highest BCUT2D eigenvalue weighted by Crippen LogP contribution is 2.14. The molecule has 0 saturated carbocycles. The highest BCUT2D eigenvalue weighted by Gasteiger charge is 2.08. The molecule has 2 aromatic heterocycles. The van der Waals surface area contributed by atoms with Crippen LogP contribution in [0.1, 0.15) is 15.9 Å². The Morgan fingerprint density at radius 2 is 2.14 bits per heavy atom. The van der Waals surface area contributed by atoms with Crippen LogP contribution in [0.3, 0.4) is 0 Å². The van der Waals surface area contributed by atoms with Gasteiger partial charge in [0.15, 0.2) is 0 Å². The highest BCUT2D eigenvalue weighted by atomic mass is 16.5. The summed E-state index contributed by atoms with van der Waals surface area (Å²) in [5.41, 5.74) is 2.21. The SMILES string of the molecule is COc1ccc(Cn2cc(NC(=O)c3ccoc3)cn2)cc1. The van der Waals surface area contributed by atoms with Crippen molar-refractivity contribution in [1.29, 1.82) is 0 Å². The number of rotatable bonds is 5. The maximum Gasteiger partial charge on any atom is 0.259 e. The molecule has 1 N–H and O–H groups in total. The van der Waals surface area contributed by atoms with Crippen molar-refractivity contribution in [3.8, 4) is 5.75 Å².